The summed E-state index contributed by atoms with van der Waals surface area (Å²) in [6.45, 7) is 2.08. The molecule has 110 valence electrons. The van der Waals surface area contributed by atoms with Crippen molar-refractivity contribution in [1.82, 2.24) is 15.6 Å². The molecule has 1 aliphatic rings. The Kier molecular flexibility index (Phi) is 3.91. The fourth-order valence-corrected chi connectivity index (χ4v) is 2.60. The van der Waals surface area contributed by atoms with Crippen molar-refractivity contribution in [2.75, 3.05) is 5.73 Å². The molecule has 0 saturated heterocycles. The van der Waals surface area contributed by atoms with Crippen molar-refractivity contribution >= 4 is 17.7 Å². The molecule has 8 heteroatoms. The number of carboxylic acids is 1. The molecule has 1 fully saturated rings. The van der Waals surface area contributed by atoms with E-state index in [0.717, 1.165) is 19.3 Å². The van der Waals surface area contributed by atoms with Crippen molar-refractivity contribution in [3.05, 3.63) is 5.69 Å². The molecule has 0 spiro atoms. The van der Waals surface area contributed by atoms with Crippen LogP contribution < -0.4 is 11.1 Å². The number of carboxylic acid groups (broad SMARTS) is 1. The van der Waals surface area contributed by atoms with Crippen molar-refractivity contribution in [1.29, 1.82) is 0 Å². The first-order valence-electron chi connectivity index (χ1n) is 6.62. The average molecular weight is 282 g/mol. The van der Waals surface area contributed by atoms with E-state index in [2.05, 4.69) is 27.2 Å². The molecule has 0 bridgehead atoms. The van der Waals surface area contributed by atoms with Gasteiger partial charge in [0.25, 0.3) is 5.91 Å². The molecular formula is C12H18N4O4. The summed E-state index contributed by atoms with van der Waals surface area (Å²) in [7, 11) is 0. The second kappa shape index (κ2) is 5.48. The molecule has 1 aromatic rings. The number of nitrogens with one attached hydrogen (secondary N) is 1. The summed E-state index contributed by atoms with van der Waals surface area (Å²) in [4.78, 5) is 23.6. The molecule has 0 aromatic carbocycles. The molecule has 1 aromatic heterocycles. The van der Waals surface area contributed by atoms with Crippen LogP contribution in [0, 0.1) is 5.92 Å². The van der Waals surface area contributed by atoms with E-state index in [1.165, 1.54) is 0 Å². The molecule has 20 heavy (non-hydrogen) atoms. The summed E-state index contributed by atoms with van der Waals surface area (Å²) in [5.74, 6) is -1.33. The second-order valence-corrected chi connectivity index (χ2v) is 5.19. The lowest BCUT2D eigenvalue weighted by molar-refractivity contribution is -0.146. The highest BCUT2D eigenvalue weighted by Gasteiger charge is 2.43. The van der Waals surface area contributed by atoms with Crippen LogP contribution in [0.1, 0.15) is 49.5 Å². The molecule has 0 unspecified atom stereocenters. The lowest BCUT2D eigenvalue weighted by Gasteiger charge is -2.36. The Morgan fingerprint density at radius 2 is 2.10 bits per heavy atom. The number of hydrogen-bond acceptors (Lipinski definition) is 6. The van der Waals surface area contributed by atoms with Crippen LogP contribution in [0.5, 0.6) is 0 Å². The number of aromatic nitrogens is 2. The third-order valence-electron chi connectivity index (χ3n) is 4.03. The average Bonchev–Trinajstić information content (AvgIpc) is 2.85. The number of nitrogens with two attached hydrogens (primary N) is 1. The number of nitrogen functional groups attached to an aromatic ring is 1. The van der Waals surface area contributed by atoms with Crippen LogP contribution in [0.4, 0.5) is 5.82 Å². The Hall–Kier alpha value is -2.12. The van der Waals surface area contributed by atoms with E-state index in [0.29, 0.717) is 18.8 Å². The highest BCUT2D eigenvalue weighted by Crippen LogP contribution is 2.34. The topological polar surface area (TPSA) is 131 Å². The molecule has 1 saturated carbocycles. The number of carbonyl (C=O) groups is 2. The van der Waals surface area contributed by atoms with Gasteiger partial charge in [-0.25, -0.2) is 9.42 Å². The van der Waals surface area contributed by atoms with Crippen molar-refractivity contribution in [3.8, 4) is 0 Å². The van der Waals surface area contributed by atoms with Gasteiger partial charge in [-0.1, -0.05) is 13.3 Å². The molecule has 0 atom stereocenters. The van der Waals surface area contributed by atoms with Gasteiger partial charge in [0.2, 0.25) is 11.5 Å². The van der Waals surface area contributed by atoms with E-state index in [4.69, 9.17) is 5.73 Å². The van der Waals surface area contributed by atoms with E-state index in [-0.39, 0.29) is 11.5 Å². The van der Waals surface area contributed by atoms with E-state index in [1.807, 2.05) is 0 Å². The third kappa shape index (κ3) is 2.59. The van der Waals surface area contributed by atoms with Gasteiger partial charge in [0, 0.05) is 0 Å². The summed E-state index contributed by atoms with van der Waals surface area (Å²) in [5.41, 5.74) is 4.00. The van der Waals surface area contributed by atoms with Crippen LogP contribution >= 0.6 is 0 Å². The Labute approximate surface area is 115 Å². The molecule has 8 nitrogen and oxygen atoms in total. The smallest absolute Gasteiger partial charge is 0.329 e. The predicted molar refractivity (Wildman–Crippen MR) is 68.8 cm³/mol. The Bertz CT molecular complexity index is 505. The first kappa shape index (κ1) is 14.3. The maximum atomic E-state index is 12.0. The van der Waals surface area contributed by atoms with Gasteiger partial charge in [0.1, 0.15) is 5.54 Å². The van der Waals surface area contributed by atoms with Crippen LogP contribution in [0.2, 0.25) is 0 Å². The standard InChI is InChI=1S/C12H18N4O4/c1-2-7-3-5-12(6-4-7,11(18)19)14-10(17)8-9(13)16-20-15-8/h7H,2-6H2,1H3,(H2,13,16)(H,14,17)(H,18,19). The fourth-order valence-electron chi connectivity index (χ4n) is 2.60. The minimum Gasteiger partial charge on any atom is -0.480 e. The van der Waals surface area contributed by atoms with Crippen molar-refractivity contribution in [2.24, 2.45) is 5.92 Å². The molecule has 0 radical (unpaired) electrons. The molecular weight excluding hydrogens is 264 g/mol. The predicted octanol–water partition coefficient (Wildman–Crippen LogP) is 0.805. The number of rotatable bonds is 4. The van der Waals surface area contributed by atoms with Crippen LogP contribution in [-0.4, -0.2) is 32.8 Å². The van der Waals surface area contributed by atoms with Crippen LogP contribution in [0.25, 0.3) is 0 Å². The Balaban J connectivity index is 2.13. The van der Waals surface area contributed by atoms with Crippen molar-refractivity contribution in [3.63, 3.8) is 0 Å². The van der Waals surface area contributed by atoms with Gasteiger partial charge >= 0.3 is 5.97 Å². The summed E-state index contributed by atoms with van der Waals surface area (Å²) in [6, 6.07) is 0. The molecule has 4 N–H and O–H groups in total. The van der Waals surface area contributed by atoms with Gasteiger partial charge in [-0.05, 0) is 41.9 Å². The SMILES string of the molecule is CCC1CCC(NC(=O)c2nonc2N)(C(=O)O)CC1. The monoisotopic (exact) mass is 282 g/mol. The summed E-state index contributed by atoms with van der Waals surface area (Å²) < 4.78 is 4.35. The van der Waals surface area contributed by atoms with Crippen LogP contribution in [0.15, 0.2) is 4.63 Å². The largest absolute Gasteiger partial charge is 0.480 e. The van der Waals surface area contributed by atoms with Crippen molar-refractivity contribution < 1.29 is 19.3 Å². The number of anilines is 1. The Morgan fingerprint density at radius 3 is 2.55 bits per heavy atom. The van der Waals surface area contributed by atoms with Gasteiger partial charge in [0.05, 0.1) is 0 Å². The first-order valence-corrected chi connectivity index (χ1v) is 6.62. The van der Waals surface area contributed by atoms with Gasteiger partial charge < -0.3 is 16.2 Å². The van der Waals surface area contributed by atoms with Gasteiger partial charge in [-0.2, -0.15) is 0 Å². The van der Waals surface area contributed by atoms with Crippen LogP contribution in [-0.2, 0) is 4.79 Å². The number of aliphatic carboxylic acids is 1. The second-order valence-electron chi connectivity index (χ2n) is 5.19. The van der Waals surface area contributed by atoms with E-state index in [9.17, 15) is 14.7 Å². The maximum absolute atomic E-state index is 12.0. The van der Waals surface area contributed by atoms with Crippen molar-refractivity contribution in [2.45, 2.75) is 44.6 Å². The fraction of sp³-hybridized carbons (Fsp3) is 0.667. The molecule has 1 amide bonds. The molecule has 2 rings (SSSR count). The number of carbonyl (C=O) groups excluding carboxylic acids is 1. The zero-order valence-electron chi connectivity index (χ0n) is 11.3. The Morgan fingerprint density at radius 1 is 1.45 bits per heavy atom. The highest BCUT2D eigenvalue weighted by atomic mass is 16.6. The molecule has 1 aliphatic carbocycles. The minimum absolute atomic E-state index is 0.148. The maximum Gasteiger partial charge on any atom is 0.329 e. The third-order valence-corrected chi connectivity index (χ3v) is 4.03. The van der Waals surface area contributed by atoms with E-state index < -0.39 is 17.4 Å². The summed E-state index contributed by atoms with van der Waals surface area (Å²) in [6.07, 6.45) is 3.37. The molecule has 1 heterocycles. The van der Waals surface area contributed by atoms with Crippen LogP contribution in [0.3, 0.4) is 0 Å². The summed E-state index contributed by atoms with van der Waals surface area (Å²) in [5, 5.41) is 18.7. The number of amides is 1. The minimum atomic E-state index is -1.26. The first-order chi connectivity index (χ1) is 9.48. The lowest BCUT2D eigenvalue weighted by Crippen LogP contribution is -2.56. The molecule has 0 aliphatic heterocycles. The van der Waals surface area contributed by atoms with Gasteiger partial charge in [-0.3, -0.25) is 4.79 Å². The van der Waals surface area contributed by atoms with Gasteiger partial charge in [0.15, 0.2) is 0 Å². The summed E-state index contributed by atoms with van der Waals surface area (Å²) >= 11 is 0. The van der Waals surface area contributed by atoms with Gasteiger partial charge in [-0.15, -0.1) is 0 Å². The highest BCUT2D eigenvalue weighted by molar-refractivity contribution is 5.99. The van der Waals surface area contributed by atoms with E-state index in [1.54, 1.807) is 0 Å². The lowest BCUT2D eigenvalue weighted by atomic mass is 9.75. The van der Waals surface area contributed by atoms with E-state index >= 15 is 0 Å². The number of hydrogen-bond donors (Lipinski definition) is 3. The normalized spacial score (nSPS) is 26.1. The zero-order chi connectivity index (χ0) is 14.8. The number of nitrogens with zero attached hydrogens (tertiary/aromatic N) is 2. The zero-order valence-corrected chi connectivity index (χ0v) is 11.3. The quantitative estimate of drug-likeness (QED) is 0.744.